The molecule has 5 rings (SSSR count). The lowest BCUT2D eigenvalue weighted by Gasteiger charge is -2.54. The molecule has 39 heavy (non-hydrogen) atoms. The van der Waals surface area contributed by atoms with Crippen molar-refractivity contribution in [1.82, 2.24) is 0 Å². The van der Waals surface area contributed by atoms with Crippen LogP contribution in [0.4, 0.5) is 0 Å². The molecule has 0 aromatic heterocycles. The summed E-state index contributed by atoms with van der Waals surface area (Å²) in [7, 11) is 0. The lowest BCUT2D eigenvalue weighted by Crippen LogP contribution is -2.50. The Morgan fingerprint density at radius 3 is 2.56 bits per heavy atom. The van der Waals surface area contributed by atoms with E-state index in [0.717, 1.165) is 44.1 Å². The van der Waals surface area contributed by atoms with E-state index in [2.05, 4.69) is 43.0 Å². The second kappa shape index (κ2) is 10.4. The molecule has 0 saturated heterocycles. The molecule has 4 aliphatic carbocycles. The molecule has 5 atom stereocenters. The van der Waals surface area contributed by atoms with E-state index in [9.17, 15) is 14.7 Å². The fourth-order valence-corrected chi connectivity index (χ4v) is 7.67. The fraction of sp³-hybridized carbons (Fsp3) is 0.588. The molecule has 5 nitrogen and oxygen atoms in total. The molecule has 1 aromatic carbocycles. The number of hydrogen-bond acceptors (Lipinski definition) is 5. The maximum Gasteiger partial charge on any atom is 0.332 e. The molecule has 2 fully saturated rings. The maximum atomic E-state index is 12.2. The molecule has 0 amide bonds. The number of benzene rings is 1. The van der Waals surface area contributed by atoms with E-state index in [-0.39, 0.29) is 30.3 Å². The third kappa shape index (κ3) is 5.52. The highest BCUT2D eigenvalue weighted by Gasteiger charge is 2.61. The minimum absolute atomic E-state index is 0.114. The summed E-state index contributed by atoms with van der Waals surface area (Å²) in [6, 6.07) is 8.48. The minimum atomic E-state index is -0.671. The van der Waals surface area contributed by atoms with E-state index in [4.69, 9.17) is 9.47 Å². The van der Waals surface area contributed by atoms with Gasteiger partial charge in [-0.2, -0.15) is 0 Å². The van der Waals surface area contributed by atoms with Crippen LogP contribution >= 0.6 is 0 Å². The van der Waals surface area contributed by atoms with Crippen molar-refractivity contribution in [3.05, 3.63) is 58.2 Å². The van der Waals surface area contributed by atoms with Crippen LogP contribution in [0.25, 0.3) is 0 Å². The van der Waals surface area contributed by atoms with Crippen molar-refractivity contribution >= 4 is 11.8 Å². The van der Waals surface area contributed by atoms with Gasteiger partial charge >= 0.3 is 5.97 Å². The van der Waals surface area contributed by atoms with Gasteiger partial charge in [0.15, 0.2) is 5.78 Å². The van der Waals surface area contributed by atoms with Crippen molar-refractivity contribution in [2.24, 2.45) is 17.3 Å². The molecular formula is C34H42O5. The molecule has 2 saturated carbocycles. The predicted octanol–water partition coefficient (Wildman–Crippen LogP) is 6.05. The quantitative estimate of drug-likeness (QED) is 0.292. The molecule has 0 aliphatic heterocycles. The number of rotatable bonds is 4. The summed E-state index contributed by atoms with van der Waals surface area (Å²) in [5, 5.41) is 11.5. The Kier molecular flexibility index (Phi) is 7.42. The van der Waals surface area contributed by atoms with Crippen molar-refractivity contribution in [2.45, 2.75) is 96.7 Å². The highest BCUT2D eigenvalue weighted by atomic mass is 16.6. The average Bonchev–Trinajstić information content (AvgIpc) is 3.10. The van der Waals surface area contributed by atoms with Crippen LogP contribution in [-0.2, 0) is 19.1 Å². The third-order valence-electron chi connectivity index (χ3n) is 9.66. The molecule has 0 bridgehead atoms. The van der Waals surface area contributed by atoms with Crippen LogP contribution in [0.3, 0.4) is 0 Å². The number of hydrogen-bond donors (Lipinski definition) is 1. The summed E-state index contributed by atoms with van der Waals surface area (Å²) in [4.78, 5) is 24.0. The lowest BCUT2D eigenvalue weighted by molar-refractivity contribution is -0.159. The molecule has 5 heteroatoms. The number of carbonyl (C=O) groups excluding carboxylic acids is 2. The van der Waals surface area contributed by atoms with Gasteiger partial charge in [-0.25, -0.2) is 4.79 Å². The van der Waals surface area contributed by atoms with Gasteiger partial charge < -0.3 is 14.6 Å². The van der Waals surface area contributed by atoms with Crippen LogP contribution in [0.1, 0.15) is 96.6 Å². The van der Waals surface area contributed by atoms with Gasteiger partial charge in [-0.05, 0) is 113 Å². The summed E-state index contributed by atoms with van der Waals surface area (Å²) < 4.78 is 10.6. The Bertz CT molecular complexity index is 1260. The van der Waals surface area contributed by atoms with Gasteiger partial charge in [-0.1, -0.05) is 36.5 Å². The normalized spacial score (nSPS) is 31.9. The zero-order valence-corrected chi connectivity index (χ0v) is 24.1. The Labute approximate surface area is 233 Å². The Hall–Kier alpha value is -2.68. The van der Waals surface area contributed by atoms with Crippen LogP contribution in [0.2, 0.25) is 0 Å². The molecule has 1 N–H and O–H groups in total. The van der Waals surface area contributed by atoms with Crippen LogP contribution in [0.5, 0.6) is 0 Å². The van der Waals surface area contributed by atoms with E-state index in [1.807, 2.05) is 33.8 Å². The number of esters is 1. The summed E-state index contributed by atoms with van der Waals surface area (Å²) in [5.41, 5.74) is 5.04. The summed E-state index contributed by atoms with van der Waals surface area (Å²) in [6.07, 6.45) is 8.24. The molecular weight excluding hydrogens is 488 g/mol. The number of carbonyl (C=O) groups is 2. The molecule has 0 radical (unpaired) electrons. The Morgan fingerprint density at radius 1 is 1.10 bits per heavy atom. The smallest absolute Gasteiger partial charge is 0.332 e. The minimum Gasteiger partial charge on any atom is -0.458 e. The van der Waals surface area contributed by atoms with E-state index in [1.165, 1.54) is 22.3 Å². The van der Waals surface area contributed by atoms with Gasteiger partial charge in [0.1, 0.15) is 18.8 Å². The van der Waals surface area contributed by atoms with Crippen LogP contribution in [0.15, 0.2) is 47.1 Å². The predicted molar refractivity (Wildman–Crippen MR) is 151 cm³/mol. The van der Waals surface area contributed by atoms with Gasteiger partial charge in [-0.15, -0.1) is 0 Å². The third-order valence-corrected chi connectivity index (χ3v) is 9.66. The second-order valence-corrected chi connectivity index (χ2v) is 13.3. The zero-order chi connectivity index (χ0) is 28.0. The highest BCUT2D eigenvalue weighted by Crippen LogP contribution is 2.66. The Balaban J connectivity index is 1.37. The van der Waals surface area contributed by atoms with Crippen LogP contribution in [-0.4, -0.2) is 41.3 Å². The van der Waals surface area contributed by atoms with E-state index in [0.29, 0.717) is 18.3 Å². The largest absolute Gasteiger partial charge is 0.458 e. The van der Waals surface area contributed by atoms with Crippen molar-refractivity contribution in [3.63, 3.8) is 0 Å². The number of aliphatic hydroxyl groups is 1. The summed E-state index contributed by atoms with van der Waals surface area (Å²) >= 11 is 0. The fourth-order valence-electron chi connectivity index (χ4n) is 7.67. The molecule has 1 aromatic rings. The van der Waals surface area contributed by atoms with Crippen molar-refractivity contribution in [2.75, 3.05) is 13.2 Å². The first kappa shape index (κ1) is 27.9. The number of ether oxygens (including phenoxy) is 2. The van der Waals surface area contributed by atoms with E-state index < -0.39 is 17.2 Å². The van der Waals surface area contributed by atoms with Crippen molar-refractivity contribution in [1.29, 1.82) is 0 Å². The standard InChI is InChI=1S/C34H42O5/c1-32(2,3)39-30(36)21-38-18-6-7-22-8-10-23(11-9-22)28-20-33(4)29(16-17-34(33,5)37)27-14-12-24-19-25(35)13-15-26(24)31(27)28/h8-11,19,27-29,37H,12-18,20-21H2,1-5H3/t27?,28-,29?,33?,34?/m1/s1. The first-order valence-electron chi connectivity index (χ1n) is 14.5. The molecule has 4 aliphatic rings. The van der Waals surface area contributed by atoms with E-state index >= 15 is 0 Å². The Morgan fingerprint density at radius 2 is 1.85 bits per heavy atom. The van der Waals surface area contributed by atoms with Gasteiger partial charge in [-0.3, -0.25) is 4.79 Å². The van der Waals surface area contributed by atoms with Crippen molar-refractivity contribution < 1.29 is 24.2 Å². The molecule has 0 heterocycles. The topological polar surface area (TPSA) is 72.8 Å². The van der Waals surface area contributed by atoms with Gasteiger partial charge in [0.2, 0.25) is 0 Å². The SMILES string of the molecule is CC(C)(C)OC(=O)COCC#Cc1ccc([C@H]2CC3(C)C(CCC3(C)O)C3CCC4=CC(=O)CCC4=C32)cc1. The highest BCUT2D eigenvalue weighted by molar-refractivity contribution is 5.93. The molecule has 4 unspecified atom stereocenters. The summed E-state index contributed by atoms with van der Waals surface area (Å²) in [6.45, 7) is 9.88. The number of fused-ring (bicyclic) bond motifs is 4. The van der Waals surface area contributed by atoms with Crippen molar-refractivity contribution in [3.8, 4) is 11.8 Å². The monoisotopic (exact) mass is 530 g/mol. The lowest BCUT2D eigenvalue weighted by atomic mass is 9.51. The van der Waals surface area contributed by atoms with Crippen LogP contribution in [0, 0.1) is 29.1 Å². The van der Waals surface area contributed by atoms with Crippen LogP contribution < -0.4 is 0 Å². The van der Waals surface area contributed by atoms with Gasteiger partial charge in [0, 0.05) is 23.3 Å². The summed E-state index contributed by atoms with van der Waals surface area (Å²) in [5.74, 6) is 7.16. The second-order valence-electron chi connectivity index (χ2n) is 13.3. The first-order valence-corrected chi connectivity index (χ1v) is 14.5. The maximum absolute atomic E-state index is 12.2. The number of ketones is 1. The molecule has 208 valence electrons. The van der Waals surface area contributed by atoms with E-state index in [1.54, 1.807) is 0 Å². The first-order chi connectivity index (χ1) is 18.4. The average molecular weight is 531 g/mol. The number of allylic oxidation sites excluding steroid dienone is 4. The van der Waals surface area contributed by atoms with Gasteiger partial charge in [0.05, 0.1) is 5.60 Å². The zero-order valence-electron chi connectivity index (χ0n) is 24.1. The molecule has 0 spiro atoms. The van der Waals surface area contributed by atoms with Gasteiger partial charge in [0.25, 0.3) is 0 Å².